The minimum atomic E-state index is -1.89. The molecule has 2 atom stereocenters. The maximum atomic E-state index is 2.63. The third-order valence-electron chi connectivity index (χ3n) is 6.44. The van der Waals surface area contributed by atoms with Gasteiger partial charge in [0.15, 0.2) is 0 Å². The van der Waals surface area contributed by atoms with Gasteiger partial charge in [-0.25, -0.2) is 0 Å². The van der Waals surface area contributed by atoms with Gasteiger partial charge in [-0.2, -0.15) is 0 Å². The Morgan fingerprint density at radius 1 is 0.625 bits per heavy atom. The molecule has 0 aromatic rings. The topological polar surface area (TPSA) is 0 Å². The summed E-state index contributed by atoms with van der Waals surface area (Å²) < 4.78 is 3.93. The Morgan fingerprint density at radius 2 is 0.917 bits per heavy atom. The summed E-state index contributed by atoms with van der Waals surface area (Å²) in [5, 5.41) is 0. The summed E-state index contributed by atoms with van der Waals surface area (Å²) >= 11 is -1.89. The summed E-state index contributed by atoms with van der Waals surface area (Å²) in [6.07, 6.45) is 0. The summed E-state index contributed by atoms with van der Waals surface area (Å²) in [6.45, 7) is 24.5. The van der Waals surface area contributed by atoms with E-state index < -0.39 is 26.6 Å². The second kappa shape index (κ2) is 8.53. The molecule has 0 nitrogen and oxygen atoms in total. The van der Waals surface area contributed by atoms with E-state index in [4.69, 9.17) is 0 Å². The Hall–Kier alpha value is -0.0930. The summed E-state index contributed by atoms with van der Waals surface area (Å²) in [6, 6.07) is 0. The minimum Gasteiger partial charge on any atom is -0.269 e. The van der Waals surface area contributed by atoms with Crippen molar-refractivity contribution in [2.45, 2.75) is 68.5 Å². The Kier molecular flexibility index (Phi) is 8.49. The van der Waals surface area contributed by atoms with E-state index in [9.17, 15) is 0 Å². The average molecular weight is 520 g/mol. The maximum absolute atomic E-state index is 2.63. The van der Waals surface area contributed by atoms with Crippen LogP contribution in [0.1, 0.15) is 55.4 Å². The van der Waals surface area contributed by atoms with Gasteiger partial charge in [0.05, 0.1) is 0 Å². The van der Waals surface area contributed by atoms with Gasteiger partial charge in [-0.1, -0.05) is 0 Å². The molecular weight excluding hydrogens is 485 g/mol. The Morgan fingerprint density at radius 3 is 1.08 bits per heavy atom. The van der Waals surface area contributed by atoms with Crippen LogP contribution < -0.4 is 0 Å². The number of allylic oxidation sites excluding steroid dienone is 8. The summed E-state index contributed by atoms with van der Waals surface area (Å²) in [4.78, 5) is 0. The van der Waals surface area contributed by atoms with Gasteiger partial charge in [-0.15, -0.1) is 0 Å². The van der Waals surface area contributed by atoms with Crippen LogP contribution in [0.2, 0.25) is 13.1 Å². The number of halogens is 2. The summed E-state index contributed by atoms with van der Waals surface area (Å²) in [7, 11) is 0. The fourth-order valence-electron chi connectivity index (χ4n) is 4.37. The van der Waals surface area contributed by atoms with Crippen LogP contribution in [-0.4, -0.2) is 5.98 Å². The zero-order chi connectivity index (χ0) is 16.9. The first-order chi connectivity index (χ1) is 10.1. The van der Waals surface area contributed by atoms with Crippen molar-refractivity contribution in [3.8, 4) is 0 Å². The normalized spacial score (nSPS) is 24.1. The van der Waals surface area contributed by atoms with Crippen molar-refractivity contribution in [1.82, 2.24) is 0 Å². The van der Waals surface area contributed by atoms with Crippen molar-refractivity contribution in [3.05, 3.63) is 40.1 Å². The van der Waals surface area contributed by atoms with Gasteiger partial charge >= 0.3 is 147 Å². The van der Waals surface area contributed by atoms with E-state index in [2.05, 4.69) is 68.5 Å². The predicted molar refractivity (Wildman–Crippen MR) is 104 cm³/mol. The van der Waals surface area contributed by atoms with Crippen LogP contribution in [0.25, 0.3) is 0 Å². The van der Waals surface area contributed by atoms with Crippen molar-refractivity contribution in [3.63, 3.8) is 0 Å². The minimum absolute atomic E-state index is 0. The van der Waals surface area contributed by atoms with Crippen LogP contribution in [0.3, 0.4) is 0 Å². The van der Waals surface area contributed by atoms with Gasteiger partial charge in [-0.05, 0) is 0 Å². The molecule has 0 saturated carbocycles. The quantitative estimate of drug-likeness (QED) is 0.378. The van der Waals surface area contributed by atoms with E-state index in [-0.39, 0.29) is 9.41 Å². The largest absolute Gasteiger partial charge is 0.269 e. The number of rotatable bonds is 3. The molecule has 2 rings (SSSR count). The molecule has 4 heteroatoms. The van der Waals surface area contributed by atoms with Crippen LogP contribution in [0, 0.1) is 11.8 Å². The molecule has 0 bridgehead atoms. The SMILES string of the molecule is CC1=C(C)C(C)[C]([Hf]([C]2=C(C)C(C)=C(C)C2C)[SiH](C)C)=C1C.F.F. The third-order valence-corrected chi connectivity index (χ3v) is 35.1. The van der Waals surface area contributed by atoms with Gasteiger partial charge in [-0.3, -0.25) is 9.41 Å². The molecule has 0 radical (unpaired) electrons. The van der Waals surface area contributed by atoms with Crippen molar-refractivity contribution in [2.24, 2.45) is 11.8 Å². The first-order valence-corrected chi connectivity index (χ1v) is 21.5. The van der Waals surface area contributed by atoms with E-state index in [1.807, 2.05) is 6.66 Å². The monoisotopic (exact) mass is 521 g/mol. The molecule has 2 aliphatic carbocycles. The van der Waals surface area contributed by atoms with E-state index in [1.165, 1.54) is 0 Å². The molecule has 0 aromatic heterocycles. The average Bonchev–Trinajstić information content (AvgIpc) is 2.76. The van der Waals surface area contributed by atoms with Crippen molar-refractivity contribution in [1.29, 1.82) is 0 Å². The molecule has 0 amide bonds. The first-order valence-electron chi connectivity index (χ1n) is 8.75. The molecule has 0 aromatic carbocycles. The van der Waals surface area contributed by atoms with Crippen LogP contribution in [-0.2, 0) is 20.6 Å². The zero-order valence-electron chi connectivity index (χ0n) is 17.0. The van der Waals surface area contributed by atoms with Gasteiger partial charge in [0.2, 0.25) is 0 Å². The summed E-state index contributed by atoms with van der Waals surface area (Å²) in [5.41, 5.74) is 9.87. The predicted octanol–water partition coefficient (Wildman–Crippen LogP) is 6.41. The summed E-state index contributed by atoms with van der Waals surface area (Å²) in [5.74, 6) is 0.844. The van der Waals surface area contributed by atoms with Crippen LogP contribution in [0.15, 0.2) is 40.1 Å². The fourth-order valence-corrected chi connectivity index (χ4v) is 36.9. The van der Waals surface area contributed by atoms with Crippen LogP contribution in [0.4, 0.5) is 9.41 Å². The molecule has 0 aliphatic heterocycles. The van der Waals surface area contributed by atoms with E-state index >= 15 is 0 Å². The molecule has 0 heterocycles. The van der Waals surface area contributed by atoms with Crippen LogP contribution in [0.5, 0.6) is 0 Å². The molecule has 24 heavy (non-hydrogen) atoms. The number of hydrogen-bond acceptors (Lipinski definition) is 0. The Labute approximate surface area is 156 Å². The van der Waals surface area contributed by atoms with Gasteiger partial charge in [0.1, 0.15) is 0 Å². The molecular formula is C20H35F2HfSi. The zero-order valence-corrected chi connectivity index (χ0v) is 21.8. The number of hydrogen-bond donors (Lipinski definition) is 0. The van der Waals surface area contributed by atoms with Crippen molar-refractivity contribution >= 4 is 5.98 Å². The molecule has 0 saturated heterocycles. The second-order valence-electron chi connectivity index (χ2n) is 7.71. The molecule has 0 fully saturated rings. The standard InChI is InChI=1S/2C9H13.C2H7Si.2FH.Hf/c2*1-6-5-7(2)9(4)8(6)3;1-3-2;;;/h2*6H,1-4H3;3H,1-2H3;2*1H;. The third kappa shape index (κ3) is 3.55. The van der Waals surface area contributed by atoms with Crippen molar-refractivity contribution in [2.75, 3.05) is 0 Å². The first kappa shape index (κ1) is 23.9. The van der Waals surface area contributed by atoms with Crippen LogP contribution >= 0.6 is 0 Å². The Bertz CT molecular complexity index is 586. The van der Waals surface area contributed by atoms with Crippen molar-refractivity contribution < 1.29 is 30.0 Å². The second-order valence-corrected chi connectivity index (χ2v) is 34.0. The molecule has 137 valence electrons. The smallest absolute Gasteiger partial charge is 0.269 e. The van der Waals surface area contributed by atoms with Gasteiger partial charge < -0.3 is 0 Å². The molecule has 2 unspecified atom stereocenters. The molecule has 0 spiro atoms. The van der Waals surface area contributed by atoms with E-state index in [0.717, 1.165) is 11.8 Å². The van der Waals surface area contributed by atoms with E-state index in [1.54, 1.807) is 33.4 Å². The van der Waals surface area contributed by atoms with Gasteiger partial charge in [0.25, 0.3) is 0 Å². The fraction of sp³-hybridized carbons (Fsp3) is 0.600. The Balaban J connectivity index is 0.00000264. The maximum Gasteiger partial charge on any atom is -0.269 e. The van der Waals surface area contributed by atoms with Gasteiger partial charge in [0, 0.05) is 0 Å². The molecule has 0 N–H and O–H groups in total. The van der Waals surface area contributed by atoms with E-state index in [0.29, 0.717) is 0 Å². The molecule has 2 aliphatic rings.